The first-order valence-electron chi connectivity index (χ1n) is 11.1. The molecule has 0 saturated heterocycles. The lowest BCUT2D eigenvalue weighted by molar-refractivity contribution is -0.138. The Morgan fingerprint density at radius 1 is 0.892 bits per heavy atom. The number of aliphatic carboxylic acids is 1. The number of nitrogens with two attached hydrogens (primary N) is 2. The smallest absolute Gasteiger partial charge is 0.493 e. The minimum absolute atomic E-state index is 0.0575. The zero-order valence-corrected chi connectivity index (χ0v) is 22.1. The van der Waals surface area contributed by atoms with Crippen LogP contribution >= 0.6 is 7.82 Å². The molecule has 2 rings (SSSR count). The summed E-state index contributed by atoms with van der Waals surface area (Å²) in [6.45, 7) is 0.604. The summed E-state index contributed by atoms with van der Waals surface area (Å²) < 4.78 is 36.8. The lowest BCUT2D eigenvalue weighted by Gasteiger charge is -2.13. The van der Waals surface area contributed by atoms with Crippen molar-refractivity contribution in [2.75, 3.05) is 35.0 Å². The van der Waals surface area contributed by atoms with Crippen molar-refractivity contribution in [2.45, 2.75) is 25.3 Å². The highest BCUT2D eigenvalue weighted by Crippen LogP contribution is 2.42. The van der Waals surface area contributed by atoms with E-state index in [1.54, 1.807) is 36.4 Å². The lowest BCUT2D eigenvalue weighted by atomic mass is 10.1. The summed E-state index contributed by atoms with van der Waals surface area (Å²) in [6, 6.07) is 7.57. The van der Waals surface area contributed by atoms with E-state index in [9.17, 15) is 9.36 Å². The van der Waals surface area contributed by atoms with Crippen molar-refractivity contribution in [3.8, 4) is 28.7 Å². The molecule has 0 amide bonds. The summed E-state index contributed by atoms with van der Waals surface area (Å²) in [4.78, 5) is 28.2. The lowest BCUT2D eigenvalue weighted by Crippen LogP contribution is -2.29. The van der Waals surface area contributed by atoms with E-state index in [-0.39, 0.29) is 11.5 Å². The van der Waals surface area contributed by atoms with E-state index >= 15 is 0 Å². The summed E-state index contributed by atoms with van der Waals surface area (Å²) in [5, 5.41) is 8.33. The first kappa shape index (κ1) is 31.7. The Balaban J connectivity index is 0.000000580. The van der Waals surface area contributed by atoms with Crippen molar-refractivity contribution in [3.05, 3.63) is 41.5 Å². The van der Waals surface area contributed by atoms with Gasteiger partial charge in [-0.25, -0.2) is 4.57 Å². The molecule has 1 unspecified atom stereocenters. The van der Waals surface area contributed by atoms with Crippen LogP contribution in [0.5, 0.6) is 28.7 Å². The maximum Gasteiger partial charge on any atom is 0.524 e. The number of ether oxygens (including phenoxy) is 4. The van der Waals surface area contributed by atoms with Gasteiger partial charge in [-0.15, -0.1) is 0 Å². The minimum atomic E-state index is -4.71. The number of hydrogen-bond acceptors (Lipinski definition) is 9. The molecule has 206 valence electrons. The van der Waals surface area contributed by atoms with Crippen LogP contribution < -0.4 is 34.9 Å². The molecule has 0 saturated carbocycles. The van der Waals surface area contributed by atoms with Crippen LogP contribution in [0.3, 0.4) is 0 Å². The van der Waals surface area contributed by atoms with Gasteiger partial charge in [-0.05, 0) is 54.8 Å². The monoisotopic (exact) mass is 542 g/mol. The topological polar surface area (TPSA) is 193 Å². The molecule has 0 aliphatic rings. The Morgan fingerprint density at radius 2 is 1.43 bits per heavy atom. The number of rotatable bonds is 13. The van der Waals surface area contributed by atoms with Gasteiger partial charge in [0.2, 0.25) is 5.75 Å². The van der Waals surface area contributed by atoms with Gasteiger partial charge in [0.1, 0.15) is 6.04 Å². The highest BCUT2D eigenvalue weighted by Gasteiger charge is 2.19. The van der Waals surface area contributed by atoms with E-state index in [1.807, 2.05) is 0 Å². The van der Waals surface area contributed by atoms with Crippen LogP contribution in [-0.2, 0) is 9.36 Å². The van der Waals surface area contributed by atoms with Crippen LogP contribution in [0.4, 0.5) is 0 Å². The van der Waals surface area contributed by atoms with Crippen LogP contribution in [-0.4, -0.2) is 61.9 Å². The SMILES string of the molecule is COc1ccc(/C=C\c2cc(OC)c(OC)c(OC)c2)cc1OP(=O)(O)O.NCCCCC(N)C(=O)O. The first-order chi connectivity index (χ1) is 17.5. The van der Waals surface area contributed by atoms with Gasteiger partial charge in [0.15, 0.2) is 23.0 Å². The van der Waals surface area contributed by atoms with Crippen molar-refractivity contribution < 1.29 is 47.7 Å². The molecule has 37 heavy (non-hydrogen) atoms. The summed E-state index contributed by atoms with van der Waals surface area (Å²) in [5.74, 6) is 0.727. The van der Waals surface area contributed by atoms with E-state index in [0.717, 1.165) is 18.4 Å². The average molecular weight is 543 g/mol. The Labute approximate surface area is 216 Å². The van der Waals surface area contributed by atoms with E-state index in [4.69, 9.17) is 45.3 Å². The van der Waals surface area contributed by atoms with Crippen LogP contribution in [0.2, 0.25) is 0 Å². The van der Waals surface area contributed by atoms with E-state index in [2.05, 4.69) is 4.52 Å². The predicted octanol–water partition coefficient (Wildman–Crippen LogP) is 2.89. The molecule has 0 bridgehead atoms. The molecule has 7 N–H and O–H groups in total. The maximum atomic E-state index is 11.1. The number of carboxylic acid groups (broad SMARTS) is 1. The molecule has 0 spiro atoms. The molecule has 0 aliphatic carbocycles. The zero-order chi connectivity index (χ0) is 28.0. The summed E-state index contributed by atoms with van der Waals surface area (Å²) in [7, 11) is 1.26. The molecule has 13 heteroatoms. The van der Waals surface area contributed by atoms with Crippen molar-refractivity contribution in [1.29, 1.82) is 0 Å². The number of phosphoric ester groups is 1. The molecule has 0 aromatic heterocycles. The van der Waals surface area contributed by atoms with E-state index in [0.29, 0.717) is 35.8 Å². The quantitative estimate of drug-likeness (QED) is 0.141. The number of hydrogen-bond donors (Lipinski definition) is 5. The Morgan fingerprint density at radius 3 is 1.89 bits per heavy atom. The molecular formula is C24H35N2O10P. The number of benzene rings is 2. The second-order valence-electron chi connectivity index (χ2n) is 7.51. The van der Waals surface area contributed by atoms with Crippen LogP contribution in [0, 0.1) is 0 Å². The molecule has 12 nitrogen and oxygen atoms in total. The summed E-state index contributed by atoms with van der Waals surface area (Å²) in [5.41, 5.74) is 11.8. The van der Waals surface area contributed by atoms with Gasteiger partial charge in [-0.3, -0.25) is 14.6 Å². The Bertz CT molecular complexity index is 1060. The second-order valence-corrected chi connectivity index (χ2v) is 8.68. The molecular weight excluding hydrogens is 507 g/mol. The van der Waals surface area contributed by atoms with Crippen LogP contribution in [0.25, 0.3) is 12.2 Å². The summed E-state index contributed by atoms with van der Waals surface area (Å²) >= 11 is 0. The van der Waals surface area contributed by atoms with Crippen molar-refractivity contribution in [1.82, 2.24) is 0 Å². The molecule has 0 heterocycles. The van der Waals surface area contributed by atoms with Gasteiger partial charge in [0.05, 0.1) is 28.4 Å². The normalized spacial score (nSPS) is 11.8. The summed E-state index contributed by atoms with van der Waals surface area (Å²) in [6.07, 6.45) is 5.69. The van der Waals surface area contributed by atoms with Gasteiger partial charge in [-0.1, -0.05) is 24.6 Å². The fraction of sp³-hybridized carbons (Fsp3) is 0.375. The molecule has 1 atom stereocenters. The largest absolute Gasteiger partial charge is 0.524 e. The zero-order valence-electron chi connectivity index (χ0n) is 21.2. The molecule has 0 fully saturated rings. The van der Waals surface area contributed by atoms with Gasteiger partial charge in [0, 0.05) is 0 Å². The Hall–Kier alpha value is -3.28. The maximum absolute atomic E-state index is 11.1. The Kier molecular flexibility index (Phi) is 13.5. The molecule has 0 aliphatic heterocycles. The van der Waals surface area contributed by atoms with Crippen LogP contribution in [0.15, 0.2) is 30.3 Å². The van der Waals surface area contributed by atoms with Gasteiger partial charge < -0.3 is 40.0 Å². The fourth-order valence-electron chi connectivity index (χ4n) is 3.02. The van der Waals surface area contributed by atoms with E-state index in [1.165, 1.54) is 34.5 Å². The number of unbranched alkanes of at least 4 members (excludes halogenated alkanes) is 1. The number of carbonyl (C=O) groups is 1. The highest BCUT2D eigenvalue weighted by molar-refractivity contribution is 7.46. The second kappa shape index (κ2) is 15.7. The third-order valence-corrected chi connectivity index (χ3v) is 5.28. The van der Waals surface area contributed by atoms with Gasteiger partial charge in [-0.2, -0.15) is 0 Å². The predicted molar refractivity (Wildman–Crippen MR) is 139 cm³/mol. The van der Waals surface area contributed by atoms with Crippen LogP contribution in [0.1, 0.15) is 30.4 Å². The standard InChI is InChI=1S/C18H21O8P.C6H14N2O2/c1-22-14-8-7-12(9-15(14)26-27(19,20)21)5-6-13-10-16(23-2)18(25-4)17(11-13)24-3;7-4-2-1-3-5(8)6(9)10/h5-11H,1-4H3,(H2,19,20,21);5H,1-4,7-8H2,(H,9,10)/b6-5-;. The molecule has 2 aromatic rings. The fourth-order valence-corrected chi connectivity index (χ4v) is 3.42. The third-order valence-electron chi connectivity index (χ3n) is 4.85. The number of methoxy groups -OCH3 is 4. The van der Waals surface area contributed by atoms with Gasteiger partial charge in [0.25, 0.3) is 0 Å². The minimum Gasteiger partial charge on any atom is -0.493 e. The van der Waals surface area contributed by atoms with Crippen molar-refractivity contribution in [3.63, 3.8) is 0 Å². The number of carboxylic acids is 1. The number of phosphoric acid groups is 1. The van der Waals surface area contributed by atoms with E-state index < -0.39 is 19.8 Å². The molecule has 0 radical (unpaired) electrons. The average Bonchev–Trinajstić information content (AvgIpc) is 2.86. The highest BCUT2D eigenvalue weighted by atomic mass is 31.2. The van der Waals surface area contributed by atoms with Crippen molar-refractivity contribution >= 4 is 25.9 Å². The van der Waals surface area contributed by atoms with Gasteiger partial charge >= 0.3 is 13.8 Å². The molecule has 2 aromatic carbocycles. The third kappa shape index (κ3) is 11.1. The first-order valence-corrected chi connectivity index (χ1v) is 12.6. The van der Waals surface area contributed by atoms with Crippen molar-refractivity contribution in [2.24, 2.45) is 11.5 Å².